The Labute approximate surface area is 115 Å². The molecular weight excluding hydrogens is 246 g/mol. The third-order valence-electron chi connectivity index (χ3n) is 3.33. The minimum atomic E-state index is -0.341. The minimum Gasteiger partial charge on any atom is -0.465 e. The van der Waals surface area contributed by atoms with Gasteiger partial charge in [0.2, 0.25) is 5.91 Å². The third kappa shape index (κ3) is 4.80. The number of rotatable bonds is 6. The van der Waals surface area contributed by atoms with Crippen LogP contribution in [0, 0.1) is 0 Å². The van der Waals surface area contributed by atoms with Gasteiger partial charge in [0.25, 0.3) is 0 Å². The lowest BCUT2D eigenvalue weighted by molar-refractivity contribution is -0.150. The van der Waals surface area contributed by atoms with Gasteiger partial charge in [-0.1, -0.05) is 6.92 Å². The van der Waals surface area contributed by atoms with E-state index in [4.69, 9.17) is 4.74 Å². The summed E-state index contributed by atoms with van der Waals surface area (Å²) in [6.45, 7) is 7.50. The average Bonchev–Trinajstić information content (AvgIpc) is 2.40. The van der Waals surface area contributed by atoms with Crippen LogP contribution in [0.4, 0.5) is 0 Å². The highest BCUT2D eigenvalue weighted by Crippen LogP contribution is 2.06. The Bertz CT molecular complexity index is 304. The topological polar surface area (TPSA) is 61.9 Å². The zero-order valence-electron chi connectivity index (χ0n) is 12.1. The first kappa shape index (κ1) is 15.9. The Kier molecular flexibility index (Phi) is 6.80. The van der Waals surface area contributed by atoms with Crippen molar-refractivity contribution in [3.63, 3.8) is 0 Å². The van der Waals surface area contributed by atoms with Crippen LogP contribution >= 0.6 is 0 Å². The Balaban J connectivity index is 2.48. The molecule has 0 spiro atoms. The van der Waals surface area contributed by atoms with E-state index in [0.29, 0.717) is 13.0 Å². The first-order chi connectivity index (χ1) is 9.10. The molecular formula is C13H25N3O3. The second kappa shape index (κ2) is 8.12. The van der Waals surface area contributed by atoms with Crippen molar-refractivity contribution >= 4 is 11.9 Å². The van der Waals surface area contributed by atoms with E-state index < -0.39 is 0 Å². The third-order valence-corrected chi connectivity index (χ3v) is 3.33. The normalized spacial score (nSPS) is 17.4. The number of piperazine rings is 1. The van der Waals surface area contributed by atoms with Crippen LogP contribution in [-0.4, -0.2) is 74.1 Å². The molecule has 1 N–H and O–H groups in total. The molecule has 110 valence electrons. The maximum absolute atomic E-state index is 12.1. The Hall–Kier alpha value is -1.14. The molecule has 1 aliphatic rings. The second-order valence-electron chi connectivity index (χ2n) is 4.72. The van der Waals surface area contributed by atoms with Gasteiger partial charge in [-0.05, 0) is 20.4 Å². The summed E-state index contributed by atoms with van der Waals surface area (Å²) < 4.78 is 5.03. The van der Waals surface area contributed by atoms with Crippen LogP contribution in [0.5, 0.6) is 0 Å². The largest absolute Gasteiger partial charge is 0.465 e. The Morgan fingerprint density at radius 3 is 2.47 bits per heavy atom. The van der Waals surface area contributed by atoms with Crippen molar-refractivity contribution in [2.45, 2.75) is 26.3 Å². The molecule has 19 heavy (non-hydrogen) atoms. The number of nitrogens with one attached hydrogen (secondary N) is 1. The van der Waals surface area contributed by atoms with Crippen LogP contribution in [0.1, 0.15) is 20.3 Å². The predicted molar refractivity (Wildman–Crippen MR) is 72.8 cm³/mol. The molecule has 1 unspecified atom stereocenters. The molecule has 0 aromatic rings. The number of esters is 1. The summed E-state index contributed by atoms with van der Waals surface area (Å²) in [6.07, 6.45) is 0.643. The molecule has 1 aliphatic heterocycles. The van der Waals surface area contributed by atoms with Crippen molar-refractivity contribution in [2.75, 3.05) is 46.4 Å². The van der Waals surface area contributed by atoms with E-state index in [-0.39, 0.29) is 24.5 Å². The molecule has 1 amide bonds. The summed E-state index contributed by atoms with van der Waals surface area (Å²) in [4.78, 5) is 27.5. The van der Waals surface area contributed by atoms with Crippen molar-refractivity contribution in [1.82, 2.24) is 15.1 Å². The average molecular weight is 271 g/mol. The Morgan fingerprint density at radius 1 is 1.32 bits per heavy atom. The number of ether oxygens (including phenoxy) is 1. The summed E-state index contributed by atoms with van der Waals surface area (Å²) in [6, 6.07) is -0.341. The van der Waals surface area contributed by atoms with E-state index in [2.05, 4.69) is 5.32 Å². The van der Waals surface area contributed by atoms with E-state index >= 15 is 0 Å². The fraction of sp³-hybridized carbons (Fsp3) is 0.846. The van der Waals surface area contributed by atoms with Gasteiger partial charge < -0.3 is 15.0 Å². The second-order valence-corrected chi connectivity index (χ2v) is 4.72. The number of carbonyl (C=O) groups excluding carboxylic acids is 2. The van der Waals surface area contributed by atoms with Gasteiger partial charge in [-0.25, -0.2) is 0 Å². The van der Waals surface area contributed by atoms with Gasteiger partial charge in [0.15, 0.2) is 0 Å². The standard InChI is InChI=1S/C13H25N3O3/c1-4-11(13(18)19-5-2)15(3)10-12(17)16-8-6-14-7-9-16/h11,14H,4-10H2,1-3H3. The van der Waals surface area contributed by atoms with E-state index in [1.807, 2.05) is 11.8 Å². The van der Waals surface area contributed by atoms with Crippen LogP contribution < -0.4 is 5.32 Å². The quantitative estimate of drug-likeness (QED) is 0.672. The van der Waals surface area contributed by atoms with E-state index in [0.717, 1.165) is 26.2 Å². The molecule has 6 heteroatoms. The summed E-state index contributed by atoms with van der Waals surface area (Å²) in [5.74, 6) is -0.174. The molecule has 0 aromatic carbocycles. The number of amides is 1. The smallest absolute Gasteiger partial charge is 0.323 e. The molecule has 1 saturated heterocycles. The van der Waals surface area contributed by atoms with Crippen LogP contribution in [0.2, 0.25) is 0 Å². The van der Waals surface area contributed by atoms with Crippen molar-refractivity contribution in [3.05, 3.63) is 0 Å². The summed E-state index contributed by atoms with van der Waals surface area (Å²) in [5.41, 5.74) is 0. The van der Waals surface area contributed by atoms with Crippen molar-refractivity contribution in [3.8, 4) is 0 Å². The van der Waals surface area contributed by atoms with Gasteiger partial charge >= 0.3 is 5.97 Å². The van der Waals surface area contributed by atoms with E-state index in [1.165, 1.54) is 0 Å². The monoisotopic (exact) mass is 271 g/mol. The highest BCUT2D eigenvalue weighted by atomic mass is 16.5. The maximum atomic E-state index is 12.1. The zero-order valence-corrected chi connectivity index (χ0v) is 12.1. The summed E-state index contributed by atoms with van der Waals surface area (Å²) >= 11 is 0. The van der Waals surface area contributed by atoms with Gasteiger partial charge in [0.1, 0.15) is 6.04 Å². The van der Waals surface area contributed by atoms with Crippen LogP contribution in [-0.2, 0) is 14.3 Å². The van der Waals surface area contributed by atoms with Gasteiger partial charge in [-0.3, -0.25) is 14.5 Å². The van der Waals surface area contributed by atoms with Crippen LogP contribution in [0.25, 0.3) is 0 Å². The highest BCUT2D eigenvalue weighted by molar-refractivity contribution is 5.80. The van der Waals surface area contributed by atoms with Gasteiger partial charge in [0.05, 0.1) is 13.2 Å². The molecule has 1 fully saturated rings. The van der Waals surface area contributed by atoms with Gasteiger partial charge in [-0.2, -0.15) is 0 Å². The highest BCUT2D eigenvalue weighted by Gasteiger charge is 2.26. The predicted octanol–water partition coefficient (Wildman–Crippen LogP) is -0.308. The molecule has 1 atom stereocenters. The first-order valence-corrected chi connectivity index (χ1v) is 6.95. The molecule has 6 nitrogen and oxygen atoms in total. The van der Waals surface area contributed by atoms with Crippen LogP contribution in [0.3, 0.4) is 0 Å². The van der Waals surface area contributed by atoms with E-state index in [9.17, 15) is 9.59 Å². The minimum absolute atomic E-state index is 0.0757. The first-order valence-electron chi connectivity index (χ1n) is 6.95. The van der Waals surface area contributed by atoms with Gasteiger partial charge in [-0.15, -0.1) is 0 Å². The van der Waals surface area contributed by atoms with Crippen molar-refractivity contribution < 1.29 is 14.3 Å². The molecule has 0 saturated carbocycles. The van der Waals surface area contributed by atoms with Crippen molar-refractivity contribution in [2.24, 2.45) is 0 Å². The van der Waals surface area contributed by atoms with Crippen LogP contribution in [0.15, 0.2) is 0 Å². The lowest BCUT2D eigenvalue weighted by Crippen LogP contribution is -2.51. The molecule has 0 aromatic heterocycles. The summed E-state index contributed by atoms with van der Waals surface area (Å²) in [5, 5.41) is 3.21. The summed E-state index contributed by atoms with van der Waals surface area (Å²) in [7, 11) is 1.80. The van der Waals surface area contributed by atoms with E-state index in [1.54, 1.807) is 18.9 Å². The lowest BCUT2D eigenvalue weighted by Gasteiger charge is -2.31. The SMILES string of the molecule is CCOC(=O)C(CC)N(C)CC(=O)N1CCNCC1. The zero-order chi connectivity index (χ0) is 14.3. The number of nitrogens with zero attached hydrogens (tertiary/aromatic N) is 2. The molecule has 1 rings (SSSR count). The molecule has 0 radical (unpaired) electrons. The number of likely N-dealkylation sites (N-methyl/N-ethyl adjacent to an activating group) is 1. The Morgan fingerprint density at radius 2 is 1.95 bits per heavy atom. The fourth-order valence-corrected chi connectivity index (χ4v) is 2.23. The number of carbonyl (C=O) groups is 2. The fourth-order valence-electron chi connectivity index (χ4n) is 2.23. The number of hydrogen-bond donors (Lipinski definition) is 1. The van der Waals surface area contributed by atoms with Crippen molar-refractivity contribution in [1.29, 1.82) is 0 Å². The lowest BCUT2D eigenvalue weighted by atomic mass is 10.2. The molecule has 0 bridgehead atoms. The molecule has 1 heterocycles. The molecule has 0 aliphatic carbocycles. The van der Waals surface area contributed by atoms with Gasteiger partial charge in [0, 0.05) is 26.2 Å². The number of hydrogen-bond acceptors (Lipinski definition) is 5. The maximum Gasteiger partial charge on any atom is 0.323 e.